The molecule has 0 radical (unpaired) electrons. The van der Waals surface area contributed by atoms with Crippen LogP contribution in [0.25, 0.3) is 5.69 Å². The maximum absolute atomic E-state index is 12.9. The number of aromatic nitrogens is 2. The normalized spacial score (nSPS) is 11.8. The minimum absolute atomic E-state index is 0.0618. The van der Waals surface area contributed by atoms with E-state index in [1.165, 1.54) is 0 Å². The van der Waals surface area contributed by atoms with Gasteiger partial charge in [-0.05, 0) is 34.5 Å². The fourth-order valence-corrected chi connectivity index (χ4v) is 2.05. The number of aryl methyl sites for hydroxylation is 1. The van der Waals surface area contributed by atoms with Gasteiger partial charge in [-0.25, -0.2) is 4.68 Å². The number of para-hydroxylation sites is 1. The minimum atomic E-state index is -4.45. The molecule has 2 nitrogen and oxygen atoms in total. The van der Waals surface area contributed by atoms with Gasteiger partial charge in [0.1, 0.15) is 0 Å². The van der Waals surface area contributed by atoms with E-state index in [1.807, 2.05) is 0 Å². The Balaban J connectivity index is 2.66. The van der Waals surface area contributed by atoms with E-state index in [0.717, 1.165) is 16.4 Å². The molecule has 2 aromatic rings. The fourth-order valence-electron chi connectivity index (χ4n) is 1.57. The minimum Gasteiger partial charge on any atom is -0.227 e. The number of halogens is 4. The molecule has 1 heterocycles. The molecule has 0 unspecified atom stereocenters. The van der Waals surface area contributed by atoms with Crippen LogP contribution in [0.5, 0.6) is 0 Å². The van der Waals surface area contributed by atoms with Crippen LogP contribution in [0.2, 0.25) is 0 Å². The summed E-state index contributed by atoms with van der Waals surface area (Å²) >= 11 is 2.87. The first-order chi connectivity index (χ1) is 7.91. The molecule has 0 fully saturated rings. The largest absolute Gasteiger partial charge is 0.434 e. The monoisotopic (exact) mass is 304 g/mol. The van der Waals surface area contributed by atoms with Crippen LogP contribution in [0.4, 0.5) is 13.2 Å². The predicted octanol–water partition coefficient (Wildman–Crippen LogP) is 3.96. The van der Waals surface area contributed by atoms with Crippen molar-refractivity contribution in [2.24, 2.45) is 0 Å². The first-order valence-electron chi connectivity index (χ1n) is 4.78. The molecule has 0 atom stereocenters. The van der Waals surface area contributed by atoms with Crippen LogP contribution < -0.4 is 0 Å². The Kier molecular flexibility index (Phi) is 2.99. The standard InChI is InChI=1S/C11H8BrF3N2/c1-7-4-2-3-5-9(7)17-10(11(13,14)15)8(12)6-16-17/h2-6H,1H3. The third-order valence-electron chi connectivity index (χ3n) is 2.34. The maximum atomic E-state index is 12.9. The highest BCUT2D eigenvalue weighted by atomic mass is 79.9. The molecule has 6 heteroatoms. The van der Waals surface area contributed by atoms with Gasteiger partial charge in [-0.1, -0.05) is 18.2 Å². The highest BCUT2D eigenvalue weighted by Crippen LogP contribution is 2.36. The summed E-state index contributed by atoms with van der Waals surface area (Å²) in [6.07, 6.45) is -3.30. The lowest BCUT2D eigenvalue weighted by Gasteiger charge is -2.12. The predicted molar refractivity (Wildman–Crippen MR) is 61.0 cm³/mol. The molecule has 17 heavy (non-hydrogen) atoms. The number of hydrogen-bond acceptors (Lipinski definition) is 1. The third-order valence-corrected chi connectivity index (χ3v) is 2.92. The molecule has 0 aliphatic heterocycles. The van der Waals surface area contributed by atoms with E-state index >= 15 is 0 Å². The Morgan fingerprint density at radius 1 is 1.24 bits per heavy atom. The number of benzene rings is 1. The van der Waals surface area contributed by atoms with Crippen LogP contribution in [0.15, 0.2) is 34.9 Å². The average Bonchev–Trinajstić information content (AvgIpc) is 2.60. The fraction of sp³-hybridized carbons (Fsp3) is 0.182. The van der Waals surface area contributed by atoms with E-state index in [4.69, 9.17) is 0 Å². The van der Waals surface area contributed by atoms with Crippen molar-refractivity contribution < 1.29 is 13.2 Å². The zero-order valence-corrected chi connectivity index (χ0v) is 10.4. The molecule has 0 amide bonds. The van der Waals surface area contributed by atoms with Gasteiger partial charge in [0.2, 0.25) is 0 Å². The van der Waals surface area contributed by atoms with E-state index in [0.29, 0.717) is 5.69 Å². The van der Waals surface area contributed by atoms with Crippen molar-refractivity contribution in [3.8, 4) is 5.69 Å². The maximum Gasteiger partial charge on any atom is 0.434 e. The van der Waals surface area contributed by atoms with E-state index in [2.05, 4.69) is 21.0 Å². The Morgan fingerprint density at radius 2 is 1.88 bits per heavy atom. The molecule has 1 aromatic heterocycles. The average molecular weight is 305 g/mol. The highest BCUT2D eigenvalue weighted by molar-refractivity contribution is 9.10. The van der Waals surface area contributed by atoms with Crippen LogP contribution in [0.3, 0.4) is 0 Å². The molecular weight excluding hydrogens is 297 g/mol. The second-order valence-electron chi connectivity index (χ2n) is 3.54. The lowest BCUT2D eigenvalue weighted by atomic mass is 10.2. The van der Waals surface area contributed by atoms with Crippen molar-refractivity contribution in [2.75, 3.05) is 0 Å². The molecule has 1 aromatic carbocycles. The molecule has 0 aliphatic rings. The number of alkyl halides is 3. The van der Waals surface area contributed by atoms with Crippen LogP contribution in [-0.2, 0) is 6.18 Å². The van der Waals surface area contributed by atoms with Crippen LogP contribution in [-0.4, -0.2) is 9.78 Å². The lowest BCUT2D eigenvalue weighted by Crippen LogP contribution is -2.14. The number of nitrogens with zero attached hydrogens (tertiary/aromatic N) is 2. The summed E-state index contributed by atoms with van der Waals surface area (Å²) in [4.78, 5) is 0. The molecule has 0 bridgehead atoms. The van der Waals surface area contributed by atoms with Gasteiger partial charge >= 0.3 is 6.18 Å². The molecular formula is C11H8BrF3N2. The van der Waals surface area contributed by atoms with Crippen LogP contribution in [0, 0.1) is 6.92 Å². The highest BCUT2D eigenvalue weighted by Gasteiger charge is 2.38. The summed E-state index contributed by atoms with van der Waals surface area (Å²) in [7, 11) is 0. The van der Waals surface area contributed by atoms with E-state index in [1.54, 1.807) is 31.2 Å². The van der Waals surface area contributed by atoms with Gasteiger partial charge < -0.3 is 0 Å². The van der Waals surface area contributed by atoms with Gasteiger partial charge in [0, 0.05) is 0 Å². The summed E-state index contributed by atoms with van der Waals surface area (Å²) in [6.45, 7) is 1.74. The van der Waals surface area contributed by atoms with Crippen molar-refractivity contribution in [2.45, 2.75) is 13.1 Å². The van der Waals surface area contributed by atoms with E-state index in [9.17, 15) is 13.2 Å². The summed E-state index contributed by atoms with van der Waals surface area (Å²) in [5, 5.41) is 3.76. The molecule has 90 valence electrons. The van der Waals surface area contributed by atoms with Gasteiger partial charge in [0.05, 0.1) is 16.4 Å². The molecule has 0 saturated heterocycles. The zero-order chi connectivity index (χ0) is 12.6. The summed E-state index contributed by atoms with van der Waals surface area (Å²) in [5.74, 6) is 0. The number of hydrogen-bond donors (Lipinski definition) is 0. The molecule has 0 aliphatic carbocycles. The second kappa shape index (κ2) is 4.18. The van der Waals surface area contributed by atoms with Gasteiger partial charge in [-0.2, -0.15) is 18.3 Å². The van der Waals surface area contributed by atoms with Crippen molar-refractivity contribution >= 4 is 15.9 Å². The lowest BCUT2D eigenvalue weighted by molar-refractivity contribution is -0.143. The first kappa shape index (κ1) is 12.2. The van der Waals surface area contributed by atoms with Crippen molar-refractivity contribution in [1.82, 2.24) is 9.78 Å². The smallest absolute Gasteiger partial charge is 0.227 e. The van der Waals surface area contributed by atoms with Gasteiger partial charge in [-0.3, -0.25) is 0 Å². The second-order valence-corrected chi connectivity index (χ2v) is 4.39. The van der Waals surface area contributed by atoms with Gasteiger partial charge in [0.25, 0.3) is 0 Å². The molecule has 2 rings (SSSR count). The Bertz CT molecular complexity index is 546. The zero-order valence-electron chi connectivity index (χ0n) is 8.79. The van der Waals surface area contributed by atoms with E-state index < -0.39 is 11.9 Å². The van der Waals surface area contributed by atoms with Crippen molar-refractivity contribution in [3.05, 3.63) is 46.2 Å². The Labute approximate surface area is 104 Å². The van der Waals surface area contributed by atoms with Crippen molar-refractivity contribution in [3.63, 3.8) is 0 Å². The molecule has 0 N–H and O–H groups in total. The third kappa shape index (κ3) is 2.22. The topological polar surface area (TPSA) is 17.8 Å². The summed E-state index contributed by atoms with van der Waals surface area (Å²) in [5.41, 5.74) is 0.353. The molecule has 0 spiro atoms. The molecule has 0 saturated carbocycles. The van der Waals surface area contributed by atoms with Gasteiger partial charge in [0.15, 0.2) is 5.69 Å². The number of rotatable bonds is 1. The Hall–Kier alpha value is -1.30. The first-order valence-corrected chi connectivity index (χ1v) is 5.57. The summed E-state index contributed by atoms with van der Waals surface area (Å²) < 4.78 is 39.4. The quantitative estimate of drug-likeness (QED) is 0.780. The van der Waals surface area contributed by atoms with Crippen LogP contribution in [0.1, 0.15) is 11.3 Å². The SMILES string of the molecule is Cc1ccccc1-n1ncc(Br)c1C(F)(F)F. The van der Waals surface area contributed by atoms with Crippen molar-refractivity contribution in [1.29, 1.82) is 0 Å². The van der Waals surface area contributed by atoms with E-state index in [-0.39, 0.29) is 4.47 Å². The summed E-state index contributed by atoms with van der Waals surface area (Å²) in [6, 6.07) is 6.79. The Morgan fingerprint density at radius 3 is 2.47 bits per heavy atom. The van der Waals surface area contributed by atoms with Gasteiger partial charge in [-0.15, -0.1) is 0 Å². The van der Waals surface area contributed by atoms with Crippen LogP contribution >= 0.6 is 15.9 Å².